The maximum atomic E-state index is 6.58. The van der Waals surface area contributed by atoms with Crippen LogP contribution in [0.15, 0.2) is 85.1 Å². The zero-order valence-corrected chi connectivity index (χ0v) is 35.0. The fraction of sp³-hybridized carbons (Fsp3) is 0.319. The van der Waals surface area contributed by atoms with Crippen LogP contribution >= 0.6 is 0 Å². The van der Waals surface area contributed by atoms with E-state index in [0.29, 0.717) is 11.5 Å². The van der Waals surface area contributed by atoms with Gasteiger partial charge in [-0.05, 0) is 96.3 Å². The third-order valence-corrected chi connectivity index (χ3v) is 10.0. The Morgan fingerprint density at radius 3 is 2.09 bits per heavy atom. The van der Waals surface area contributed by atoms with Crippen molar-refractivity contribution in [2.75, 3.05) is 19.0 Å². The smallest absolute Gasteiger partial charge is 0.509 e. The molecule has 0 saturated heterocycles. The van der Waals surface area contributed by atoms with Crippen LogP contribution in [0.2, 0.25) is 0 Å². The summed E-state index contributed by atoms with van der Waals surface area (Å²) >= 11 is 0. The van der Waals surface area contributed by atoms with Crippen molar-refractivity contribution in [1.82, 2.24) is 19.3 Å². The first kappa shape index (κ1) is 39.0. The summed E-state index contributed by atoms with van der Waals surface area (Å²) in [5.74, 6) is 2.11. The molecule has 0 radical (unpaired) electrons. The Hall–Kier alpha value is -4.67. The Labute approximate surface area is 335 Å². The molecule has 0 spiro atoms. The standard InChI is InChI=1S/C47H51N5O.Pt/c1-8-15-33-28-36(50(6)7)29-34(16-9-2)46(33)47-41(17-10-3)49-52(43(47)18-11-4)35-19-14-20-37(30-35)53-38-23-24-40-39-21-12-13-22-42(39)51(44(40)31-38)45-27-32(5)25-26-48-45;/h12-14,19-29H,8-11,15-18H2,1-7H3;/q-2;+2. The molecule has 0 aliphatic rings. The quantitative estimate of drug-likeness (QED) is 0.102. The fourth-order valence-corrected chi connectivity index (χ4v) is 7.68. The minimum absolute atomic E-state index is 0. The first-order chi connectivity index (χ1) is 25.8. The van der Waals surface area contributed by atoms with E-state index in [2.05, 4.69) is 130 Å². The number of anilines is 1. The van der Waals surface area contributed by atoms with Gasteiger partial charge in [0.25, 0.3) is 0 Å². The van der Waals surface area contributed by atoms with Crippen LogP contribution in [-0.2, 0) is 46.7 Å². The zero-order chi connectivity index (χ0) is 37.1. The summed E-state index contributed by atoms with van der Waals surface area (Å²) in [6, 6.07) is 34.8. The number of para-hydroxylation sites is 1. The molecule has 7 aromatic rings. The van der Waals surface area contributed by atoms with Gasteiger partial charge >= 0.3 is 21.1 Å². The topological polar surface area (TPSA) is 48.1 Å². The van der Waals surface area contributed by atoms with E-state index >= 15 is 0 Å². The summed E-state index contributed by atoms with van der Waals surface area (Å²) < 4.78 is 10.9. The zero-order valence-electron chi connectivity index (χ0n) is 32.7. The number of benzene rings is 4. The number of ether oxygens (including phenoxy) is 1. The van der Waals surface area contributed by atoms with Crippen LogP contribution in [-0.4, -0.2) is 33.4 Å². The normalized spacial score (nSPS) is 11.3. The number of rotatable bonds is 14. The summed E-state index contributed by atoms with van der Waals surface area (Å²) in [5.41, 5.74) is 13.3. The van der Waals surface area contributed by atoms with Crippen molar-refractivity contribution in [1.29, 1.82) is 0 Å². The molecule has 0 aliphatic carbocycles. The molecule has 7 rings (SSSR count). The summed E-state index contributed by atoms with van der Waals surface area (Å²) in [6.07, 6.45) is 9.98. The van der Waals surface area contributed by atoms with Crippen LogP contribution in [0.1, 0.15) is 81.5 Å². The van der Waals surface area contributed by atoms with Gasteiger partial charge in [-0.25, -0.2) is 4.98 Å². The average molecular weight is 897 g/mol. The van der Waals surface area contributed by atoms with Gasteiger partial charge in [-0.2, -0.15) is 17.2 Å². The van der Waals surface area contributed by atoms with Gasteiger partial charge in [-0.1, -0.05) is 77.1 Å². The van der Waals surface area contributed by atoms with Gasteiger partial charge < -0.3 is 14.2 Å². The van der Waals surface area contributed by atoms with Crippen LogP contribution in [0.4, 0.5) is 5.69 Å². The van der Waals surface area contributed by atoms with E-state index in [1.807, 2.05) is 30.5 Å². The number of hydrogen-bond donors (Lipinski definition) is 0. The van der Waals surface area contributed by atoms with Gasteiger partial charge in [0.05, 0.1) is 5.69 Å². The largest absolute Gasteiger partial charge is 2.00 e. The number of nitrogens with zero attached hydrogens (tertiary/aromatic N) is 5. The molecule has 6 nitrogen and oxygen atoms in total. The second-order valence-electron chi connectivity index (χ2n) is 14.3. The fourth-order valence-electron chi connectivity index (χ4n) is 7.68. The molecule has 0 aliphatic heterocycles. The molecule has 3 aromatic heterocycles. The summed E-state index contributed by atoms with van der Waals surface area (Å²) in [5, 5.41) is 7.65. The first-order valence-corrected chi connectivity index (χ1v) is 19.4. The van der Waals surface area contributed by atoms with E-state index in [-0.39, 0.29) is 21.1 Å². The number of aromatic nitrogens is 4. The van der Waals surface area contributed by atoms with Crippen molar-refractivity contribution in [3.05, 3.63) is 125 Å². The van der Waals surface area contributed by atoms with Crippen LogP contribution in [0.25, 0.3) is 44.4 Å². The van der Waals surface area contributed by atoms with Crippen molar-refractivity contribution in [2.45, 2.75) is 86.0 Å². The minimum atomic E-state index is 0. The number of aryl methyl sites for hydroxylation is 4. The second-order valence-corrected chi connectivity index (χ2v) is 14.3. The molecule has 3 heterocycles. The Morgan fingerprint density at radius 2 is 1.41 bits per heavy atom. The molecule has 7 heteroatoms. The van der Waals surface area contributed by atoms with Gasteiger partial charge in [0.2, 0.25) is 0 Å². The van der Waals surface area contributed by atoms with Gasteiger partial charge in [0.15, 0.2) is 0 Å². The predicted octanol–water partition coefficient (Wildman–Crippen LogP) is 11.6. The third kappa shape index (κ3) is 7.64. The van der Waals surface area contributed by atoms with Crippen molar-refractivity contribution in [3.8, 4) is 34.1 Å². The first-order valence-electron chi connectivity index (χ1n) is 19.4. The predicted molar refractivity (Wildman–Crippen MR) is 220 cm³/mol. The molecule has 0 N–H and O–H groups in total. The summed E-state index contributed by atoms with van der Waals surface area (Å²) in [4.78, 5) is 6.97. The monoisotopic (exact) mass is 896 g/mol. The van der Waals surface area contributed by atoms with Gasteiger partial charge in [0, 0.05) is 54.3 Å². The molecule has 0 atom stereocenters. The van der Waals surface area contributed by atoms with Gasteiger partial charge in [0.1, 0.15) is 5.82 Å². The minimum Gasteiger partial charge on any atom is -0.509 e. The van der Waals surface area contributed by atoms with Crippen molar-refractivity contribution in [2.24, 2.45) is 0 Å². The maximum Gasteiger partial charge on any atom is 2.00 e. The van der Waals surface area contributed by atoms with Crippen LogP contribution in [0, 0.1) is 19.1 Å². The molecule has 0 amide bonds. The molecule has 0 bridgehead atoms. The van der Waals surface area contributed by atoms with Crippen LogP contribution < -0.4 is 9.64 Å². The van der Waals surface area contributed by atoms with Crippen LogP contribution in [0.3, 0.4) is 0 Å². The summed E-state index contributed by atoms with van der Waals surface area (Å²) in [6.45, 7) is 11.2. The summed E-state index contributed by atoms with van der Waals surface area (Å²) in [7, 11) is 4.29. The van der Waals surface area contributed by atoms with E-state index in [9.17, 15) is 0 Å². The van der Waals surface area contributed by atoms with Crippen molar-refractivity contribution < 1.29 is 25.8 Å². The van der Waals surface area contributed by atoms with E-state index in [1.54, 1.807) is 0 Å². The molecular weight excluding hydrogens is 846 g/mol. The van der Waals surface area contributed by atoms with E-state index in [4.69, 9.17) is 14.8 Å². The van der Waals surface area contributed by atoms with Gasteiger partial charge in [-0.15, -0.1) is 35.7 Å². The Balaban J connectivity index is 0.00000497. The van der Waals surface area contributed by atoms with E-state index < -0.39 is 0 Å². The number of pyridine rings is 1. The average Bonchev–Trinajstić information content (AvgIpc) is 3.67. The third-order valence-electron chi connectivity index (χ3n) is 10.0. The Bertz CT molecular complexity index is 2360. The number of fused-ring (bicyclic) bond motifs is 3. The van der Waals surface area contributed by atoms with Gasteiger partial charge in [-0.3, -0.25) is 4.68 Å². The van der Waals surface area contributed by atoms with E-state index in [0.717, 1.165) is 90.2 Å². The second kappa shape index (κ2) is 17.2. The number of hydrogen-bond acceptors (Lipinski definition) is 4. The molecule has 0 saturated carbocycles. The Morgan fingerprint density at radius 1 is 0.704 bits per heavy atom. The van der Waals surface area contributed by atoms with Crippen molar-refractivity contribution in [3.63, 3.8) is 0 Å². The molecular formula is C47H51N5OPt. The Kier molecular flexibility index (Phi) is 12.4. The van der Waals surface area contributed by atoms with E-state index in [1.165, 1.54) is 39.3 Å². The molecule has 0 fully saturated rings. The SMILES string of the molecule is CCCc1cc(N(C)C)cc(CCC)c1-c1c(CCC)nn(-c2[c-]c(Oc3[c-]c4c(cc3)c3ccccc3n4-c3cc(C)ccn3)ccc2)c1CCC.[Pt+2]. The maximum absolute atomic E-state index is 6.58. The van der Waals surface area contributed by atoms with Crippen molar-refractivity contribution >= 4 is 27.5 Å². The molecule has 0 unspecified atom stereocenters. The molecule has 280 valence electrons. The molecule has 54 heavy (non-hydrogen) atoms. The van der Waals surface area contributed by atoms with Crippen LogP contribution in [0.5, 0.6) is 11.5 Å². The molecule has 4 aromatic carbocycles.